The Bertz CT molecular complexity index is 503. The van der Waals surface area contributed by atoms with Crippen molar-refractivity contribution >= 4 is 5.97 Å². The lowest BCUT2D eigenvalue weighted by atomic mass is 10.0. The van der Waals surface area contributed by atoms with Crippen molar-refractivity contribution in [2.75, 3.05) is 13.2 Å². The number of nitrogens with zero attached hydrogens (tertiary/aromatic N) is 1. The van der Waals surface area contributed by atoms with Gasteiger partial charge in [0.05, 0.1) is 6.42 Å². The third-order valence-corrected chi connectivity index (χ3v) is 3.11. The summed E-state index contributed by atoms with van der Waals surface area (Å²) in [6, 6.07) is 0. The molecular formula is C12H16N2O4. The second kappa shape index (κ2) is 5.30. The minimum Gasteiger partial charge on any atom is -0.481 e. The van der Waals surface area contributed by atoms with Gasteiger partial charge in [-0.05, 0) is 19.3 Å². The van der Waals surface area contributed by atoms with Gasteiger partial charge in [0, 0.05) is 30.9 Å². The number of carboxylic acid groups (broad SMARTS) is 1. The maximum absolute atomic E-state index is 11.8. The second-order valence-electron chi connectivity index (χ2n) is 4.58. The summed E-state index contributed by atoms with van der Waals surface area (Å²) in [6.07, 6.45) is 1.35. The Morgan fingerprint density at radius 2 is 2.39 bits per heavy atom. The van der Waals surface area contributed by atoms with Crippen LogP contribution in [0.1, 0.15) is 23.5 Å². The monoisotopic (exact) mass is 252 g/mol. The predicted octanol–water partition coefficient (Wildman–Crippen LogP) is 0.284. The fraction of sp³-hybridized carbons (Fsp3) is 0.583. The Hall–Kier alpha value is -1.69. The Kier molecular flexibility index (Phi) is 3.76. The van der Waals surface area contributed by atoms with Crippen LogP contribution >= 0.6 is 0 Å². The van der Waals surface area contributed by atoms with E-state index in [0.717, 1.165) is 13.0 Å². The molecule has 2 heterocycles. The minimum atomic E-state index is -1.03. The summed E-state index contributed by atoms with van der Waals surface area (Å²) in [5, 5.41) is 8.72. The van der Waals surface area contributed by atoms with Gasteiger partial charge >= 0.3 is 5.97 Å². The molecule has 6 nitrogen and oxygen atoms in total. The number of ether oxygens (including phenoxy) is 1. The predicted molar refractivity (Wildman–Crippen MR) is 63.6 cm³/mol. The van der Waals surface area contributed by atoms with Gasteiger partial charge in [0.1, 0.15) is 5.82 Å². The first-order valence-electron chi connectivity index (χ1n) is 5.94. The summed E-state index contributed by atoms with van der Waals surface area (Å²) in [7, 11) is 0. The molecule has 1 fully saturated rings. The molecule has 1 aromatic heterocycles. The molecule has 1 aliphatic rings. The highest BCUT2D eigenvalue weighted by Gasteiger charge is 2.18. The van der Waals surface area contributed by atoms with E-state index in [1.54, 1.807) is 6.92 Å². The number of aromatic nitrogens is 2. The molecule has 2 rings (SSSR count). The van der Waals surface area contributed by atoms with Crippen molar-refractivity contribution in [3.8, 4) is 0 Å². The first kappa shape index (κ1) is 12.8. The molecule has 0 radical (unpaired) electrons. The van der Waals surface area contributed by atoms with E-state index in [-0.39, 0.29) is 17.5 Å². The van der Waals surface area contributed by atoms with E-state index in [1.165, 1.54) is 0 Å². The van der Waals surface area contributed by atoms with Crippen LogP contribution in [0.5, 0.6) is 0 Å². The number of nitrogens with one attached hydrogen (secondary N) is 1. The summed E-state index contributed by atoms with van der Waals surface area (Å²) in [4.78, 5) is 29.4. The molecule has 6 heteroatoms. The molecule has 18 heavy (non-hydrogen) atoms. The number of hydrogen-bond donors (Lipinski definition) is 2. The quantitative estimate of drug-likeness (QED) is 0.803. The maximum atomic E-state index is 11.8. The van der Waals surface area contributed by atoms with Gasteiger partial charge in [-0.15, -0.1) is 0 Å². The largest absolute Gasteiger partial charge is 0.481 e. The van der Waals surface area contributed by atoms with Gasteiger partial charge in [-0.3, -0.25) is 9.59 Å². The van der Waals surface area contributed by atoms with Gasteiger partial charge in [0.25, 0.3) is 5.56 Å². The lowest BCUT2D eigenvalue weighted by molar-refractivity contribution is -0.136. The topological polar surface area (TPSA) is 92.3 Å². The zero-order valence-electron chi connectivity index (χ0n) is 10.2. The van der Waals surface area contributed by atoms with E-state index in [9.17, 15) is 9.59 Å². The molecule has 1 saturated heterocycles. The number of aromatic amines is 1. The highest BCUT2D eigenvalue weighted by atomic mass is 16.5. The van der Waals surface area contributed by atoms with Gasteiger partial charge in [-0.1, -0.05) is 0 Å². The summed E-state index contributed by atoms with van der Waals surface area (Å²) < 4.78 is 5.27. The van der Waals surface area contributed by atoms with Crippen LogP contribution in [-0.4, -0.2) is 34.3 Å². The SMILES string of the molecule is Cc1nc(CC2CCOC2)[nH]c(=O)c1CC(=O)O. The van der Waals surface area contributed by atoms with Crippen molar-refractivity contribution in [2.24, 2.45) is 5.92 Å². The summed E-state index contributed by atoms with van der Waals surface area (Å²) >= 11 is 0. The van der Waals surface area contributed by atoms with Gasteiger partial charge in [-0.2, -0.15) is 0 Å². The summed E-state index contributed by atoms with van der Waals surface area (Å²) in [5.41, 5.74) is 0.378. The molecule has 1 aliphatic heterocycles. The zero-order chi connectivity index (χ0) is 13.1. The van der Waals surface area contributed by atoms with Crippen LogP contribution in [0.3, 0.4) is 0 Å². The molecule has 0 amide bonds. The number of carbonyl (C=O) groups is 1. The highest BCUT2D eigenvalue weighted by molar-refractivity contribution is 5.70. The van der Waals surface area contributed by atoms with Gasteiger partial charge < -0.3 is 14.8 Å². The smallest absolute Gasteiger partial charge is 0.308 e. The van der Waals surface area contributed by atoms with Gasteiger partial charge in [0.2, 0.25) is 0 Å². The molecular weight excluding hydrogens is 236 g/mol. The molecule has 0 aliphatic carbocycles. The Morgan fingerprint density at radius 1 is 1.61 bits per heavy atom. The fourth-order valence-electron chi connectivity index (χ4n) is 2.14. The normalized spacial score (nSPS) is 19.1. The van der Waals surface area contributed by atoms with Crippen molar-refractivity contribution in [2.45, 2.75) is 26.2 Å². The van der Waals surface area contributed by atoms with Gasteiger partial charge in [0.15, 0.2) is 0 Å². The van der Waals surface area contributed by atoms with E-state index in [1.807, 2.05) is 0 Å². The van der Waals surface area contributed by atoms with E-state index in [0.29, 0.717) is 30.5 Å². The molecule has 98 valence electrons. The van der Waals surface area contributed by atoms with Crippen LogP contribution in [0.15, 0.2) is 4.79 Å². The fourth-order valence-corrected chi connectivity index (χ4v) is 2.14. The molecule has 1 unspecified atom stereocenters. The molecule has 2 N–H and O–H groups in total. The first-order valence-corrected chi connectivity index (χ1v) is 5.94. The number of carboxylic acids is 1. The summed E-state index contributed by atoms with van der Waals surface area (Å²) in [5.74, 6) is -0.0256. The molecule has 0 aromatic carbocycles. The zero-order valence-corrected chi connectivity index (χ0v) is 10.2. The van der Waals surface area contributed by atoms with E-state index in [4.69, 9.17) is 9.84 Å². The number of H-pyrrole nitrogens is 1. The minimum absolute atomic E-state index is 0.230. The van der Waals surface area contributed by atoms with Crippen molar-refractivity contribution in [3.63, 3.8) is 0 Å². The van der Waals surface area contributed by atoms with Crippen LogP contribution in [-0.2, 0) is 22.4 Å². The van der Waals surface area contributed by atoms with Crippen molar-refractivity contribution in [1.82, 2.24) is 9.97 Å². The molecule has 1 aromatic rings. The lowest BCUT2D eigenvalue weighted by Crippen LogP contribution is -2.22. The third-order valence-electron chi connectivity index (χ3n) is 3.11. The van der Waals surface area contributed by atoms with Crippen LogP contribution in [0.4, 0.5) is 0 Å². The van der Waals surface area contributed by atoms with Crippen molar-refractivity contribution in [1.29, 1.82) is 0 Å². The van der Waals surface area contributed by atoms with Gasteiger partial charge in [-0.25, -0.2) is 4.98 Å². The third kappa shape index (κ3) is 2.95. The standard InChI is InChI=1S/C12H16N2O4/c1-7-9(5-11(15)16)12(17)14-10(13-7)4-8-2-3-18-6-8/h8H,2-6H2,1H3,(H,15,16)(H,13,14,17). The number of aryl methyl sites for hydroxylation is 1. The molecule has 0 bridgehead atoms. The first-order chi connectivity index (χ1) is 8.56. The van der Waals surface area contributed by atoms with E-state index < -0.39 is 5.97 Å². The summed E-state index contributed by atoms with van der Waals surface area (Å²) in [6.45, 7) is 3.12. The van der Waals surface area contributed by atoms with E-state index >= 15 is 0 Å². The van der Waals surface area contributed by atoms with Crippen LogP contribution in [0.25, 0.3) is 0 Å². The van der Waals surface area contributed by atoms with Crippen LogP contribution in [0, 0.1) is 12.8 Å². The van der Waals surface area contributed by atoms with Crippen molar-refractivity contribution in [3.05, 3.63) is 27.4 Å². The number of aliphatic carboxylic acids is 1. The number of hydrogen-bond acceptors (Lipinski definition) is 4. The van der Waals surface area contributed by atoms with Crippen LogP contribution < -0.4 is 5.56 Å². The average molecular weight is 252 g/mol. The van der Waals surface area contributed by atoms with E-state index in [2.05, 4.69) is 9.97 Å². The maximum Gasteiger partial charge on any atom is 0.308 e. The molecule has 0 spiro atoms. The molecule has 0 saturated carbocycles. The van der Waals surface area contributed by atoms with Crippen molar-refractivity contribution < 1.29 is 14.6 Å². The molecule has 1 atom stereocenters. The highest BCUT2D eigenvalue weighted by Crippen LogP contribution is 2.16. The average Bonchev–Trinajstić information content (AvgIpc) is 2.76. The lowest BCUT2D eigenvalue weighted by Gasteiger charge is -2.09. The van der Waals surface area contributed by atoms with Crippen LogP contribution in [0.2, 0.25) is 0 Å². The Morgan fingerprint density at radius 3 is 2.94 bits per heavy atom. The Balaban J connectivity index is 2.19. The number of rotatable bonds is 4. The Labute approximate surface area is 104 Å². The second-order valence-corrected chi connectivity index (χ2v) is 4.58.